The lowest BCUT2D eigenvalue weighted by Crippen LogP contribution is -1.98. The third-order valence-corrected chi connectivity index (χ3v) is 2.66. The SMILES string of the molecule is O=C(O)c1cc2c(cn1)[nH]c1ccc(F)cc12. The molecule has 0 bridgehead atoms. The number of hydrogen-bond acceptors (Lipinski definition) is 2. The van der Waals surface area contributed by atoms with E-state index in [1.165, 1.54) is 24.4 Å². The third-order valence-electron chi connectivity index (χ3n) is 2.66. The Bertz CT molecular complexity index is 749. The van der Waals surface area contributed by atoms with Crippen molar-refractivity contribution in [3.63, 3.8) is 0 Å². The summed E-state index contributed by atoms with van der Waals surface area (Å²) < 4.78 is 13.2. The molecule has 0 radical (unpaired) electrons. The number of hydrogen-bond donors (Lipinski definition) is 2. The van der Waals surface area contributed by atoms with E-state index < -0.39 is 5.97 Å². The van der Waals surface area contributed by atoms with Crippen molar-refractivity contribution < 1.29 is 14.3 Å². The number of rotatable bonds is 1. The average molecular weight is 230 g/mol. The van der Waals surface area contributed by atoms with Gasteiger partial charge in [-0.1, -0.05) is 0 Å². The summed E-state index contributed by atoms with van der Waals surface area (Å²) >= 11 is 0. The van der Waals surface area contributed by atoms with E-state index in [0.29, 0.717) is 16.3 Å². The van der Waals surface area contributed by atoms with Crippen LogP contribution < -0.4 is 0 Å². The van der Waals surface area contributed by atoms with Crippen molar-refractivity contribution in [2.45, 2.75) is 0 Å². The maximum absolute atomic E-state index is 13.2. The number of carbonyl (C=O) groups is 1. The van der Waals surface area contributed by atoms with Gasteiger partial charge in [-0.2, -0.15) is 0 Å². The van der Waals surface area contributed by atoms with Crippen LogP contribution in [0, 0.1) is 5.82 Å². The predicted molar refractivity (Wildman–Crippen MR) is 60.5 cm³/mol. The van der Waals surface area contributed by atoms with E-state index in [9.17, 15) is 9.18 Å². The summed E-state index contributed by atoms with van der Waals surface area (Å²) in [6.45, 7) is 0. The molecule has 3 aromatic rings. The van der Waals surface area contributed by atoms with Gasteiger partial charge in [-0.3, -0.25) is 0 Å². The zero-order chi connectivity index (χ0) is 12.0. The van der Waals surface area contributed by atoms with Crippen molar-refractivity contribution in [2.24, 2.45) is 0 Å². The molecule has 3 rings (SSSR count). The van der Waals surface area contributed by atoms with Gasteiger partial charge in [0.2, 0.25) is 0 Å². The summed E-state index contributed by atoms with van der Waals surface area (Å²) in [6, 6.07) is 5.78. The molecule has 0 aliphatic carbocycles. The maximum Gasteiger partial charge on any atom is 0.354 e. The first-order valence-electron chi connectivity index (χ1n) is 4.95. The second kappa shape index (κ2) is 3.28. The Morgan fingerprint density at radius 3 is 2.76 bits per heavy atom. The summed E-state index contributed by atoms with van der Waals surface area (Å²) in [5.41, 5.74) is 1.39. The van der Waals surface area contributed by atoms with E-state index in [4.69, 9.17) is 5.11 Å². The second-order valence-electron chi connectivity index (χ2n) is 3.74. The highest BCUT2D eigenvalue weighted by Crippen LogP contribution is 2.25. The standard InChI is InChI=1S/C12H7FN2O2/c13-6-1-2-9-7(3-6)8-4-10(12(16)17)14-5-11(8)15-9/h1-5,15H,(H,16,17). The molecular weight excluding hydrogens is 223 g/mol. The molecule has 17 heavy (non-hydrogen) atoms. The van der Waals surface area contributed by atoms with E-state index in [0.717, 1.165) is 5.52 Å². The lowest BCUT2D eigenvalue weighted by molar-refractivity contribution is 0.0691. The number of aromatic amines is 1. The number of benzene rings is 1. The highest BCUT2D eigenvalue weighted by molar-refractivity contribution is 6.08. The third kappa shape index (κ3) is 1.44. The summed E-state index contributed by atoms with van der Waals surface area (Å²) in [7, 11) is 0. The first-order valence-corrected chi connectivity index (χ1v) is 4.95. The number of aromatic nitrogens is 2. The van der Waals surface area contributed by atoms with Crippen molar-refractivity contribution in [1.82, 2.24) is 9.97 Å². The van der Waals surface area contributed by atoms with Crippen LogP contribution in [0.3, 0.4) is 0 Å². The Kier molecular flexibility index (Phi) is 1.89. The molecule has 2 heterocycles. The molecule has 0 unspecified atom stereocenters. The number of aromatic carboxylic acids is 1. The van der Waals surface area contributed by atoms with Crippen molar-refractivity contribution in [2.75, 3.05) is 0 Å². The van der Waals surface area contributed by atoms with Crippen LogP contribution >= 0.6 is 0 Å². The van der Waals surface area contributed by atoms with Gasteiger partial charge in [0, 0.05) is 16.3 Å². The number of carboxylic acids is 1. The molecule has 0 aliphatic rings. The normalized spacial score (nSPS) is 11.1. The molecule has 4 nitrogen and oxygen atoms in total. The first-order chi connectivity index (χ1) is 8.15. The Morgan fingerprint density at radius 1 is 1.24 bits per heavy atom. The number of H-pyrrole nitrogens is 1. The molecule has 0 saturated heterocycles. The molecule has 0 fully saturated rings. The predicted octanol–water partition coefficient (Wildman–Crippen LogP) is 2.55. The smallest absolute Gasteiger partial charge is 0.354 e. The van der Waals surface area contributed by atoms with Crippen LogP contribution in [0.4, 0.5) is 4.39 Å². The van der Waals surface area contributed by atoms with Crippen LogP contribution in [0.15, 0.2) is 30.5 Å². The summed E-state index contributed by atoms with van der Waals surface area (Å²) in [5.74, 6) is -1.45. The Morgan fingerprint density at radius 2 is 2.00 bits per heavy atom. The van der Waals surface area contributed by atoms with Gasteiger partial charge in [-0.05, 0) is 24.3 Å². The van der Waals surface area contributed by atoms with E-state index in [2.05, 4.69) is 9.97 Å². The van der Waals surface area contributed by atoms with Gasteiger partial charge in [0.25, 0.3) is 0 Å². The van der Waals surface area contributed by atoms with Gasteiger partial charge in [0.1, 0.15) is 11.5 Å². The average Bonchev–Trinajstić information content (AvgIpc) is 2.66. The molecule has 84 valence electrons. The summed E-state index contributed by atoms with van der Waals surface area (Å²) in [5, 5.41) is 10.2. The quantitative estimate of drug-likeness (QED) is 0.675. The molecule has 0 aliphatic heterocycles. The van der Waals surface area contributed by atoms with Gasteiger partial charge in [0.05, 0.1) is 11.7 Å². The van der Waals surface area contributed by atoms with Gasteiger partial charge < -0.3 is 10.1 Å². The monoisotopic (exact) mass is 230 g/mol. The van der Waals surface area contributed by atoms with Gasteiger partial charge in [-0.15, -0.1) is 0 Å². The zero-order valence-corrected chi connectivity index (χ0v) is 8.57. The first kappa shape index (κ1) is 9.77. The number of pyridine rings is 1. The Balaban J connectivity index is 2.43. The minimum Gasteiger partial charge on any atom is -0.477 e. The number of nitrogens with zero attached hydrogens (tertiary/aromatic N) is 1. The maximum atomic E-state index is 13.2. The molecular formula is C12H7FN2O2. The minimum absolute atomic E-state index is 0.0531. The van der Waals surface area contributed by atoms with Crippen LogP contribution in [0.25, 0.3) is 21.8 Å². The fourth-order valence-corrected chi connectivity index (χ4v) is 1.89. The van der Waals surface area contributed by atoms with Crippen molar-refractivity contribution in [1.29, 1.82) is 0 Å². The topological polar surface area (TPSA) is 66.0 Å². The number of halogens is 1. The lowest BCUT2D eigenvalue weighted by atomic mass is 10.1. The van der Waals surface area contributed by atoms with Gasteiger partial charge in [-0.25, -0.2) is 14.2 Å². The molecule has 5 heteroatoms. The van der Waals surface area contributed by atoms with Crippen LogP contribution in [0.1, 0.15) is 10.5 Å². The lowest BCUT2D eigenvalue weighted by Gasteiger charge is -1.94. The van der Waals surface area contributed by atoms with Crippen LogP contribution in [-0.4, -0.2) is 21.0 Å². The fraction of sp³-hybridized carbons (Fsp3) is 0. The van der Waals surface area contributed by atoms with Crippen LogP contribution in [-0.2, 0) is 0 Å². The van der Waals surface area contributed by atoms with Crippen molar-refractivity contribution in [3.05, 3.63) is 42.0 Å². The molecule has 2 aromatic heterocycles. The van der Waals surface area contributed by atoms with E-state index in [1.54, 1.807) is 6.07 Å². The largest absolute Gasteiger partial charge is 0.477 e. The zero-order valence-electron chi connectivity index (χ0n) is 8.57. The molecule has 0 amide bonds. The Labute approximate surface area is 94.7 Å². The van der Waals surface area contributed by atoms with E-state index in [-0.39, 0.29) is 11.5 Å². The minimum atomic E-state index is -1.10. The van der Waals surface area contributed by atoms with Gasteiger partial charge >= 0.3 is 5.97 Å². The Hall–Kier alpha value is -2.43. The number of fused-ring (bicyclic) bond motifs is 3. The van der Waals surface area contributed by atoms with Crippen molar-refractivity contribution >= 4 is 27.8 Å². The van der Waals surface area contributed by atoms with Crippen LogP contribution in [0.2, 0.25) is 0 Å². The van der Waals surface area contributed by atoms with E-state index in [1.807, 2.05) is 0 Å². The molecule has 0 atom stereocenters. The molecule has 2 N–H and O–H groups in total. The number of nitrogens with one attached hydrogen (secondary N) is 1. The molecule has 0 spiro atoms. The molecule has 0 saturated carbocycles. The highest BCUT2D eigenvalue weighted by Gasteiger charge is 2.10. The van der Waals surface area contributed by atoms with E-state index >= 15 is 0 Å². The van der Waals surface area contributed by atoms with Gasteiger partial charge in [0.15, 0.2) is 0 Å². The van der Waals surface area contributed by atoms with Crippen LogP contribution in [0.5, 0.6) is 0 Å². The summed E-state index contributed by atoms with van der Waals surface area (Å²) in [4.78, 5) is 17.7. The number of carboxylic acid groups (broad SMARTS) is 1. The van der Waals surface area contributed by atoms with Crippen molar-refractivity contribution in [3.8, 4) is 0 Å². The second-order valence-corrected chi connectivity index (χ2v) is 3.74. The molecule has 1 aromatic carbocycles. The fourth-order valence-electron chi connectivity index (χ4n) is 1.89. The summed E-state index contributed by atoms with van der Waals surface area (Å²) in [6.07, 6.45) is 1.44. The highest BCUT2D eigenvalue weighted by atomic mass is 19.1.